The number of rotatable bonds is 9. The quantitative estimate of drug-likeness (QED) is 0.516. The third-order valence-electron chi connectivity index (χ3n) is 3.98. The van der Waals surface area contributed by atoms with Crippen LogP contribution in [0.1, 0.15) is 25.8 Å². The summed E-state index contributed by atoms with van der Waals surface area (Å²) in [7, 11) is 1.66. The first-order chi connectivity index (χ1) is 12.5. The Morgan fingerprint density at radius 3 is 2.69 bits per heavy atom. The second kappa shape index (κ2) is 9.56. The summed E-state index contributed by atoms with van der Waals surface area (Å²) >= 11 is 0. The van der Waals surface area contributed by atoms with Crippen LogP contribution in [0, 0.1) is 5.41 Å². The second-order valence-electron chi connectivity index (χ2n) is 6.58. The third kappa shape index (κ3) is 6.01. The zero-order valence-corrected chi connectivity index (χ0v) is 15.5. The fraction of sp³-hybridized carbons (Fsp3) is 0.611. The molecule has 8 heteroatoms. The van der Waals surface area contributed by atoms with E-state index in [9.17, 15) is 8.78 Å². The van der Waals surface area contributed by atoms with Crippen molar-refractivity contribution in [1.29, 1.82) is 0 Å². The molecule has 1 saturated heterocycles. The van der Waals surface area contributed by atoms with Crippen LogP contribution in [-0.2, 0) is 11.3 Å². The van der Waals surface area contributed by atoms with E-state index in [2.05, 4.69) is 27.3 Å². The van der Waals surface area contributed by atoms with Gasteiger partial charge in [0.1, 0.15) is 11.5 Å². The monoisotopic (exact) mass is 371 g/mol. The molecule has 0 unspecified atom stereocenters. The van der Waals surface area contributed by atoms with Gasteiger partial charge >= 0.3 is 6.61 Å². The van der Waals surface area contributed by atoms with Crippen LogP contribution in [-0.4, -0.2) is 46.0 Å². The average Bonchev–Trinajstić information content (AvgIpc) is 2.59. The van der Waals surface area contributed by atoms with Gasteiger partial charge in [-0.2, -0.15) is 8.78 Å². The Kier molecular flexibility index (Phi) is 7.44. The summed E-state index contributed by atoms with van der Waals surface area (Å²) in [4.78, 5) is 4.15. The summed E-state index contributed by atoms with van der Waals surface area (Å²) in [5, 5.41) is 6.34. The van der Waals surface area contributed by atoms with Gasteiger partial charge in [0.05, 0.1) is 19.8 Å². The highest BCUT2D eigenvalue weighted by Crippen LogP contribution is 2.27. The number of hydrogen-bond acceptors (Lipinski definition) is 4. The summed E-state index contributed by atoms with van der Waals surface area (Å²) in [6.07, 6.45) is 0.834. The second-order valence-corrected chi connectivity index (χ2v) is 6.58. The minimum absolute atomic E-state index is 0.0934. The molecule has 1 aliphatic rings. The summed E-state index contributed by atoms with van der Waals surface area (Å²) < 4.78 is 40.8. The Morgan fingerprint density at radius 2 is 2.12 bits per heavy atom. The van der Waals surface area contributed by atoms with E-state index in [1.165, 1.54) is 6.07 Å². The molecule has 146 valence electrons. The van der Waals surface area contributed by atoms with Gasteiger partial charge in [0.15, 0.2) is 5.96 Å². The maximum atomic E-state index is 12.7. The maximum absolute atomic E-state index is 12.7. The molecule has 0 radical (unpaired) electrons. The van der Waals surface area contributed by atoms with Crippen molar-refractivity contribution < 1.29 is 23.0 Å². The van der Waals surface area contributed by atoms with Crippen molar-refractivity contribution >= 4 is 5.96 Å². The lowest BCUT2D eigenvalue weighted by Gasteiger charge is -2.38. The fourth-order valence-electron chi connectivity index (χ4n) is 2.45. The summed E-state index contributed by atoms with van der Waals surface area (Å²) in [6.45, 7) is 4.16. The van der Waals surface area contributed by atoms with Crippen LogP contribution in [0.4, 0.5) is 8.78 Å². The molecule has 2 rings (SSSR count). The number of benzene rings is 1. The molecule has 0 spiro atoms. The van der Waals surface area contributed by atoms with Gasteiger partial charge in [0.25, 0.3) is 0 Å². The molecule has 2 N–H and O–H groups in total. The molecule has 0 aromatic heterocycles. The number of nitrogens with one attached hydrogen (secondary N) is 2. The number of hydrogen-bond donors (Lipinski definition) is 2. The molecular weight excluding hydrogens is 344 g/mol. The SMILES string of the molecule is CCCOc1ccc(CNC(=NC)NCC2(C)COC2)c(OC(F)F)c1. The van der Waals surface area contributed by atoms with E-state index in [1.54, 1.807) is 19.2 Å². The smallest absolute Gasteiger partial charge is 0.387 e. The highest BCUT2D eigenvalue weighted by atomic mass is 19.3. The van der Waals surface area contributed by atoms with Crippen LogP contribution in [0.2, 0.25) is 0 Å². The molecule has 1 heterocycles. The van der Waals surface area contributed by atoms with E-state index in [0.29, 0.717) is 43.6 Å². The average molecular weight is 371 g/mol. The van der Waals surface area contributed by atoms with Crippen LogP contribution in [0.5, 0.6) is 11.5 Å². The van der Waals surface area contributed by atoms with Gasteiger partial charge < -0.3 is 24.8 Å². The lowest BCUT2D eigenvalue weighted by Crippen LogP contribution is -2.50. The van der Waals surface area contributed by atoms with E-state index in [0.717, 1.165) is 13.0 Å². The molecule has 0 saturated carbocycles. The zero-order valence-electron chi connectivity index (χ0n) is 15.5. The van der Waals surface area contributed by atoms with Crippen LogP contribution in [0.3, 0.4) is 0 Å². The number of guanidine groups is 1. The van der Waals surface area contributed by atoms with Gasteiger partial charge in [-0.05, 0) is 18.6 Å². The highest BCUT2D eigenvalue weighted by molar-refractivity contribution is 5.79. The highest BCUT2D eigenvalue weighted by Gasteiger charge is 2.33. The Morgan fingerprint density at radius 1 is 1.35 bits per heavy atom. The lowest BCUT2D eigenvalue weighted by atomic mass is 9.89. The third-order valence-corrected chi connectivity index (χ3v) is 3.98. The van der Waals surface area contributed by atoms with Gasteiger partial charge in [0.2, 0.25) is 0 Å². The Labute approximate surface area is 152 Å². The van der Waals surface area contributed by atoms with Crippen molar-refractivity contribution in [2.75, 3.05) is 33.4 Å². The molecule has 0 atom stereocenters. The summed E-state index contributed by atoms with van der Waals surface area (Å²) in [5.41, 5.74) is 0.690. The van der Waals surface area contributed by atoms with Crippen LogP contribution >= 0.6 is 0 Å². The molecule has 0 aliphatic carbocycles. The van der Waals surface area contributed by atoms with Crippen molar-refractivity contribution in [2.45, 2.75) is 33.4 Å². The zero-order chi connectivity index (χ0) is 19.0. The topological polar surface area (TPSA) is 64.1 Å². The molecule has 0 bridgehead atoms. The Hall–Kier alpha value is -2.09. The number of halogens is 2. The molecular formula is C18H27F2N3O3. The number of ether oxygens (including phenoxy) is 3. The van der Waals surface area contributed by atoms with Crippen LogP contribution in [0.25, 0.3) is 0 Å². The number of nitrogens with zero attached hydrogens (tertiary/aromatic N) is 1. The van der Waals surface area contributed by atoms with Crippen molar-refractivity contribution in [3.05, 3.63) is 23.8 Å². The predicted molar refractivity (Wildman–Crippen MR) is 96.0 cm³/mol. The molecule has 0 amide bonds. The number of alkyl halides is 2. The first kappa shape index (κ1) is 20.2. The number of aliphatic imine (C=N–C) groups is 1. The van der Waals surface area contributed by atoms with Crippen molar-refractivity contribution in [3.63, 3.8) is 0 Å². The molecule has 26 heavy (non-hydrogen) atoms. The molecule has 6 nitrogen and oxygen atoms in total. The fourth-order valence-corrected chi connectivity index (χ4v) is 2.45. The lowest BCUT2D eigenvalue weighted by molar-refractivity contribution is -0.0971. The minimum atomic E-state index is -2.90. The van der Waals surface area contributed by atoms with Gasteiger partial charge in [-0.3, -0.25) is 4.99 Å². The van der Waals surface area contributed by atoms with Gasteiger partial charge in [0, 0.05) is 37.2 Å². The summed E-state index contributed by atoms with van der Waals surface area (Å²) in [6, 6.07) is 4.94. The van der Waals surface area contributed by atoms with Gasteiger partial charge in [-0.25, -0.2) is 0 Å². The predicted octanol–water partition coefficient (Wildman–Crippen LogP) is 2.78. The normalized spacial score (nSPS) is 16.2. The standard InChI is InChI=1S/C18H27F2N3O3/c1-4-7-25-14-6-5-13(15(8-14)26-16(19)20)9-22-17(21-3)23-10-18(2)11-24-12-18/h5-6,8,16H,4,7,9-12H2,1-3H3,(H2,21,22,23). The van der Waals surface area contributed by atoms with Crippen molar-refractivity contribution in [1.82, 2.24) is 10.6 Å². The summed E-state index contributed by atoms with van der Waals surface area (Å²) in [5.74, 6) is 1.19. The van der Waals surface area contributed by atoms with Crippen LogP contribution < -0.4 is 20.1 Å². The molecule has 1 aromatic carbocycles. The van der Waals surface area contributed by atoms with E-state index < -0.39 is 6.61 Å². The van der Waals surface area contributed by atoms with Crippen molar-refractivity contribution in [3.8, 4) is 11.5 Å². The van der Waals surface area contributed by atoms with Crippen LogP contribution in [0.15, 0.2) is 23.2 Å². The maximum Gasteiger partial charge on any atom is 0.387 e. The first-order valence-electron chi connectivity index (χ1n) is 8.68. The van der Waals surface area contributed by atoms with E-state index >= 15 is 0 Å². The molecule has 1 aromatic rings. The minimum Gasteiger partial charge on any atom is -0.493 e. The Balaban J connectivity index is 1.97. The van der Waals surface area contributed by atoms with E-state index in [-0.39, 0.29) is 11.2 Å². The first-order valence-corrected chi connectivity index (χ1v) is 8.68. The molecule has 1 aliphatic heterocycles. The van der Waals surface area contributed by atoms with E-state index in [1.807, 2.05) is 6.92 Å². The van der Waals surface area contributed by atoms with Crippen molar-refractivity contribution in [2.24, 2.45) is 10.4 Å². The molecule has 1 fully saturated rings. The van der Waals surface area contributed by atoms with Gasteiger partial charge in [-0.1, -0.05) is 13.8 Å². The Bertz CT molecular complexity index is 607. The van der Waals surface area contributed by atoms with Gasteiger partial charge in [-0.15, -0.1) is 0 Å². The van der Waals surface area contributed by atoms with E-state index in [4.69, 9.17) is 9.47 Å². The largest absolute Gasteiger partial charge is 0.493 e.